The summed E-state index contributed by atoms with van der Waals surface area (Å²) in [6.45, 7) is 3.23. The first-order chi connectivity index (χ1) is 10.9. The molecule has 0 saturated heterocycles. The fourth-order valence-corrected chi connectivity index (χ4v) is 2.04. The van der Waals surface area contributed by atoms with Gasteiger partial charge >= 0.3 is 11.9 Å². The number of benzene rings is 2. The number of hydrogen-bond donors (Lipinski definition) is 0. The Balaban J connectivity index is 2.24. The maximum Gasteiger partial charge on any atom is 0.381 e. The van der Waals surface area contributed by atoms with E-state index >= 15 is 0 Å². The minimum absolute atomic E-state index is 0.127. The standard InChI is InChI=1S/C18H16F2O3/c1-3-23-17(22)18(19,20)15-10-8-14(9-11-15)16(21)13-6-4-12(2)5-7-13/h4-11H,3H2,1-2H3. The van der Waals surface area contributed by atoms with Crippen molar-refractivity contribution in [3.8, 4) is 0 Å². The summed E-state index contributed by atoms with van der Waals surface area (Å²) in [4.78, 5) is 23.6. The van der Waals surface area contributed by atoms with Crippen LogP contribution in [0.4, 0.5) is 8.78 Å². The van der Waals surface area contributed by atoms with Gasteiger partial charge in [-0.25, -0.2) is 4.79 Å². The quantitative estimate of drug-likeness (QED) is 0.621. The van der Waals surface area contributed by atoms with Crippen LogP contribution in [0.15, 0.2) is 48.5 Å². The Morgan fingerprint density at radius 2 is 1.43 bits per heavy atom. The second kappa shape index (κ2) is 6.69. The van der Waals surface area contributed by atoms with E-state index < -0.39 is 17.5 Å². The lowest BCUT2D eigenvalue weighted by molar-refractivity contribution is -0.173. The number of rotatable bonds is 5. The SMILES string of the molecule is CCOC(=O)C(F)(F)c1ccc(C(=O)c2ccc(C)cc2)cc1. The van der Waals surface area contributed by atoms with E-state index in [4.69, 9.17) is 0 Å². The second-order valence-corrected chi connectivity index (χ2v) is 5.07. The number of esters is 1. The molecule has 23 heavy (non-hydrogen) atoms. The van der Waals surface area contributed by atoms with Crippen LogP contribution in [0.1, 0.15) is 34.0 Å². The van der Waals surface area contributed by atoms with Crippen LogP contribution >= 0.6 is 0 Å². The molecule has 0 radical (unpaired) electrons. The molecule has 0 spiro atoms. The van der Waals surface area contributed by atoms with Gasteiger partial charge in [0, 0.05) is 16.7 Å². The molecule has 3 nitrogen and oxygen atoms in total. The predicted octanol–water partition coefficient (Wildman–Crippen LogP) is 3.88. The lowest BCUT2D eigenvalue weighted by atomic mass is 9.99. The summed E-state index contributed by atoms with van der Waals surface area (Å²) in [6, 6.07) is 11.7. The summed E-state index contributed by atoms with van der Waals surface area (Å²) in [7, 11) is 0. The van der Waals surface area contributed by atoms with E-state index in [1.165, 1.54) is 19.1 Å². The van der Waals surface area contributed by atoms with Gasteiger partial charge in [0.15, 0.2) is 5.78 Å². The molecule has 0 aliphatic rings. The highest BCUT2D eigenvalue weighted by Crippen LogP contribution is 2.30. The minimum atomic E-state index is -3.73. The summed E-state index contributed by atoms with van der Waals surface area (Å²) in [5, 5.41) is 0. The first kappa shape index (κ1) is 16.8. The van der Waals surface area contributed by atoms with Gasteiger partial charge in [-0.15, -0.1) is 0 Å². The number of hydrogen-bond acceptors (Lipinski definition) is 3. The summed E-state index contributed by atoms with van der Waals surface area (Å²) in [5.74, 6) is -5.60. The molecule has 5 heteroatoms. The van der Waals surface area contributed by atoms with E-state index in [2.05, 4.69) is 4.74 Å². The third-order valence-corrected chi connectivity index (χ3v) is 3.36. The van der Waals surface area contributed by atoms with Crippen molar-refractivity contribution in [1.82, 2.24) is 0 Å². The fourth-order valence-electron chi connectivity index (χ4n) is 2.04. The zero-order chi connectivity index (χ0) is 17.0. The van der Waals surface area contributed by atoms with E-state index in [1.807, 2.05) is 6.92 Å². The third kappa shape index (κ3) is 3.62. The van der Waals surface area contributed by atoms with Gasteiger partial charge in [-0.05, 0) is 13.8 Å². The lowest BCUT2D eigenvalue weighted by Gasteiger charge is -2.15. The largest absolute Gasteiger partial charge is 0.461 e. The van der Waals surface area contributed by atoms with E-state index in [9.17, 15) is 18.4 Å². The van der Waals surface area contributed by atoms with E-state index in [-0.39, 0.29) is 18.0 Å². The van der Waals surface area contributed by atoms with Crippen LogP contribution in [0.5, 0.6) is 0 Å². The normalized spacial score (nSPS) is 11.1. The van der Waals surface area contributed by atoms with Crippen molar-refractivity contribution in [2.45, 2.75) is 19.8 Å². The Morgan fingerprint density at radius 1 is 0.957 bits per heavy atom. The summed E-state index contributed by atoms with van der Waals surface area (Å²) in [6.07, 6.45) is 0. The molecule has 0 fully saturated rings. The van der Waals surface area contributed by atoms with Crippen molar-refractivity contribution in [3.05, 3.63) is 70.8 Å². The Hall–Kier alpha value is -2.56. The third-order valence-electron chi connectivity index (χ3n) is 3.36. The van der Waals surface area contributed by atoms with Crippen LogP contribution in [0.3, 0.4) is 0 Å². The van der Waals surface area contributed by atoms with Gasteiger partial charge < -0.3 is 4.74 Å². The Bertz CT molecular complexity index is 704. The smallest absolute Gasteiger partial charge is 0.381 e. The van der Waals surface area contributed by atoms with Crippen molar-refractivity contribution in [3.63, 3.8) is 0 Å². The van der Waals surface area contributed by atoms with E-state index in [1.54, 1.807) is 24.3 Å². The Morgan fingerprint density at radius 3 is 1.91 bits per heavy atom. The molecule has 0 saturated carbocycles. The fraction of sp³-hybridized carbons (Fsp3) is 0.222. The number of halogens is 2. The minimum Gasteiger partial charge on any atom is -0.461 e. The molecule has 2 aromatic rings. The number of ketones is 1. The molecule has 2 aromatic carbocycles. The average Bonchev–Trinajstić information content (AvgIpc) is 2.55. The average molecular weight is 318 g/mol. The number of aryl methyl sites for hydroxylation is 1. The van der Waals surface area contributed by atoms with Gasteiger partial charge in [0.1, 0.15) is 0 Å². The zero-order valence-corrected chi connectivity index (χ0v) is 12.8. The van der Waals surface area contributed by atoms with Gasteiger partial charge in [-0.2, -0.15) is 8.78 Å². The van der Waals surface area contributed by atoms with Crippen molar-refractivity contribution in [1.29, 1.82) is 0 Å². The van der Waals surface area contributed by atoms with Crippen molar-refractivity contribution in [2.24, 2.45) is 0 Å². The second-order valence-electron chi connectivity index (χ2n) is 5.07. The highest BCUT2D eigenvalue weighted by molar-refractivity contribution is 6.09. The number of carbonyl (C=O) groups is 2. The molecular weight excluding hydrogens is 302 g/mol. The summed E-state index contributed by atoms with van der Waals surface area (Å²) in [5.41, 5.74) is 1.26. The van der Waals surface area contributed by atoms with Gasteiger partial charge in [0.25, 0.3) is 0 Å². The molecule has 0 amide bonds. The molecule has 0 heterocycles. The van der Waals surface area contributed by atoms with Gasteiger partial charge in [-0.1, -0.05) is 54.1 Å². The first-order valence-corrected chi connectivity index (χ1v) is 7.13. The lowest BCUT2D eigenvalue weighted by Crippen LogP contribution is -2.28. The molecule has 2 rings (SSSR count). The van der Waals surface area contributed by atoms with Crippen LogP contribution in [0.2, 0.25) is 0 Å². The molecule has 0 unspecified atom stereocenters. The van der Waals surface area contributed by atoms with E-state index in [0.717, 1.165) is 17.7 Å². The molecule has 0 aromatic heterocycles. The number of ether oxygens (including phenoxy) is 1. The zero-order valence-electron chi connectivity index (χ0n) is 12.8. The van der Waals surface area contributed by atoms with Crippen LogP contribution in [-0.4, -0.2) is 18.4 Å². The predicted molar refractivity (Wildman–Crippen MR) is 81.6 cm³/mol. The van der Waals surface area contributed by atoms with Crippen LogP contribution < -0.4 is 0 Å². The van der Waals surface area contributed by atoms with E-state index in [0.29, 0.717) is 5.56 Å². The maximum absolute atomic E-state index is 13.9. The molecule has 0 atom stereocenters. The van der Waals surface area contributed by atoms with Crippen molar-refractivity contribution >= 4 is 11.8 Å². The molecule has 0 aliphatic carbocycles. The van der Waals surface area contributed by atoms with Gasteiger partial charge in [0.05, 0.1) is 6.61 Å². The Kier molecular flexibility index (Phi) is 4.89. The highest BCUT2D eigenvalue weighted by Gasteiger charge is 2.42. The molecular formula is C18H16F2O3. The maximum atomic E-state index is 13.9. The van der Waals surface area contributed by atoms with Gasteiger partial charge in [0.2, 0.25) is 0 Å². The number of alkyl halides is 2. The van der Waals surface area contributed by atoms with Gasteiger partial charge in [-0.3, -0.25) is 4.79 Å². The van der Waals surface area contributed by atoms with Crippen LogP contribution in [0.25, 0.3) is 0 Å². The summed E-state index contributed by atoms with van der Waals surface area (Å²) >= 11 is 0. The molecule has 0 N–H and O–H groups in total. The number of carbonyl (C=O) groups excluding carboxylic acids is 2. The van der Waals surface area contributed by atoms with Crippen LogP contribution in [-0.2, 0) is 15.5 Å². The summed E-state index contributed by atoms with van der Waals surface area (Å²) < 4.78 is 32.1. The Labute approximate surface area is 132 Å². The molecule has 120 valence electrons. The topological polar surface area (TPSA) is 43.4 Å². The van der Waals surface area contributed by atoms with Crippen LogP contribution in [0, 0.1) is 6.92 Å². The molecule has 0 aliphatic heterocycles. The highest BCUT2D eigenvalue weighted by atomic mass is 19.3. The first-order valence-electron chi connectivity index (χ1n) is 7.13. The van der Waals surface area contributed by atoms with Crippen molar-refractivity contribution in [2.75, 3.05) is 6.61 Å². The monoisotopic (exact) mass is 318 g/mol. The van der Waals surface area contributed by atoms with Crippen molar-refractivity contribution < 1.29 is 23.1 Å². The molecule has 0 bridgehead atoms.